The smallest absolute Gasteiger partial charge is 0.229 e. The van der Waals surface area contributed by atoms with Gasteiger partial charge in [0.05, 0.1) is 37.0 Å². The number of nitrogens with zero attached hydrogens (tertiary/aromatic N) is 4. The van der Waals surface area contributed by atoms with Gasteiger partial charge in [-0.25, -0.2) is 18.1 Å². The van der Waals surface area contributed by atoms with Crippen LogP contribution in [0, 0.1) is 5.92 Å². The molecule has 0 aromatic carbocycles. The molecule has 0 spiro atoms. The van der Waals surface area contributed by atoms with E-state index in [-0.39, 0.29) is 18.6 Å². The average molecular weight is 395 g/mol. The van der Waals surface area contributed by atoms with E-state index in [2.05, 4.69) is 19.8 Å². The lowest BCUT2D eigenvalue weighted by atomic mass is 9.96. The SMILES string of the molecule is CC(=NCCO)C1C=CC(=Nc2cnn(C(C)C)c2N)C(NS(C)(=O)=O)=C1. The summed E-state index contributed by atoms with van der Waals surface area (Å²) in [6.07, 6.45) is 7.96. The Hall–Kier alpha value is -2.46. The molecule has 0 saturated carbocycles. The van der Waals surface area contributed by atoms with Crippen LogP contribution in [0.3, 0.4) is 0 Å². The first-order valence-corrected chi connectivity index (χ1v) is 10.4. The summed E-state index contributed by atoms with van der Waals surface area (Å²) in [5.41, 5.74) is 8.10. The number of aromatic nitrogens is 2. The van der Waals surface area contributed by atoms with Crippen LogP contribution < -0.4 is 10.5 Å². The number of hydrogen-bond donors (Lipinski definition) is 3. The van der Waals surface area contributed by atoms with Crippen LogP contribution in [0.15, 0.2) is 40.1 Å². The maximum Gasteiger partial charge on any atom is 0.229 e. The van der Waals surface area contributed by atoms with Crippen molar-refractivity contribution < 1.29 is 13.5 Å². The van der Waals surface area contributed by atoms with E-state index in [1.807, 2.05) is 26.8 Å². The monoisotopic (exact) mass is 394 g/mol. The van der Waals surface area contributed by atoms with E-state index in [0.29, 0.717) is 29.5 Å². The number of aliphatic imine (C=N–C) groups is 2. The van der Waals surface area contributed by atoms with Crippen molar-refractivity contribution in [3.8, 4) is 0 Å². The second kappa shape index (κ2) is 8.49. The second-order valence-electron chi connectivity index (χ2n) is 6.54. The molecule has 0 radical (unpaired) electrons. The Morgan fingerprint density at radius 2 is 2.19 bits per heavy atom. The fraction of sp³-hybridized carbons (Fsp3) is 0.471. The lowest BCUT2D eigenvalue weighted by molar-refractivity contribution is 0.306. The van der Waals surface area contributed by atoms with Gasteiger partial charge >= 0.3 is 0 Å². The summed E-state index contributed by atoms with van der Waals surface area (Å²) in [5.74, 6) is 0.211. The Balaban J connectivity index is 2.42. The maximum absolute atomic E-state index is 11.8. The Morgan fingerprint density at radius 1 is 1.48 bits per heavy atom. The molecule has 1 unspecified atom stereocenters. The molecule has 27 heavy (non-hydrogen) atoms. The Bertz CT molecular complexity index is 909. The van der Waals surface area contributed by atoms with Crippen molar-refractivity contribution in [1.29, 1.82) is 0 Å². The van der Waals surface area contributed by atoms with Gasteiger partial charge in [-0.1, -0.05) is 6.08 Å². The molecule has 9 nitrogen and oxygen atoms in total. The van der Waals surface area contributed by atoms with Crippen molar-refractivity contribution in [1.82, 2.24) is 14.5 Å². The molecule has 0 aliphatic heterocycles. The van der Waals surface area contributed by atoms with E-state index in [9.17, 15) is 8.42 Å². The maximum atomic E-state index is 11.8. The molecule has 1 aromatic heterocycles. The minimum atomic E-state index is -3.50. The molecule has 10 heteroatoms. The molecule has 0 saturated heterocycles. The molecule has 0 bridgehead atoms. The summed E-state index contributed by atoms with van der Waals surface area (Å²) < 4.78 is 27.7. The zero-order valence-electron chi connectivity index (χ0n) is 15.9. The Morgan fingerprint density at radius 3 is 2.74 bits per heavy atom. The highest BCUT2D eigenvalue weighted by molar-refractivity contribution is 7.88. The van der Waals surface area contributed by atoms with Crippen molar-refractivity contribution in [3.63, 3.8) is 0 Å². The van der Waals surface area contributed by atoms with Gasteiger partial charge in [0.25, 0.3) is 0 Å². The van der Waals surface area contributed by atoms with Crippen LogP contribution in [0.4, 0.5) is 11.5 Å². The van der Waals surface area contributed by atoms with E-state index in [1.54, 1.807) is 23.0 Å². The van der Waals surface area contributed by atoms with Gasteiger partial charge in [-0.2, -0.15) is 5.10 Å². The van der Waals surface area contributed by atoms with E-state index in [0.717, 1.165) is 12.0 Å². The number of aliphatic hydroxyl groups is 1. The molecule has 1 atom stereocenters. The molecule has 0 amide bonds. The summed E-state index contributed by atoms with van der Waals surface area (Å²) in [6.45, 7) is 5.99. The second-order valence-corrected chi connectivity index (χ2v) is 8.29. The van der Waals surface area contributed by atoms with Gasteiger partial charge < -0.3 is 10.8 Å². The summed E-state index contributed by atoms with van der Waals surface area (Å²) in [5, 5.41) is 13.1. The molecule has 1 aliphatic carbocycles. The first kappa shape index (κ1) is 20.8. The van der Waals surface area contributed by atoms with Crippen molar-refractivity contribution in [2.75, 3.05) is 25.1 Å². The van der Waals surface area contributed by atoms with Crippen molar-refractivity contribution in [2.24, 2.45) is 15.9 Å². The van der Waals surface area contributed by atoms with E-state index < -0.39 is 10.0 Å². The van der Waals surface area contributed by atoms with Gasteiger partial charge in [-0.05, 0) is 32.9 Å². The van der Waals surface area contributed by atoms with E-state index in [4.69, 9.17) is 10.8 Å². The molecular weight excluding hydrogens is 368 g/mol. The highest BCUT2D eigenvalue weighted by atomic mass is 32.2. The van der Waals surface area contributed by atoms with Gasteiger partial charge in [0.2, 0.25) is 10.0 Å². The summed E-state index contributed by atoms with van der Waals surface area (Å²) in [6, 6.07) is 0.0831. The minimum Gasteiger partial charge on any atom is -0.394 e. The number of aliphatic hydroxyl groups excluding tert-OH is 1. The summed E-state index contributed by atoms with van der Waals surface area (Å²) in [4.78, 5) is 8.75. The van der Waals surface area contributed by atoms with Crippen LogP contribution >= 0.6 is 0 Å². The van der Waals surface area contributed by atoms with Crippen LogP contribution in [0.2, 0.25) is 0 Å². The number of nitrogens with two attached hydrogens (primary N) is 1. The molecule has 1 heterocycles. The molecular formula is C17H26N6O3S. The molecule has 1 aromatic rings. The lowest BCUT2D eigenvalue weighted by Crippen LogP contribution is -2.29. The standard InChI is InChI=1S/C17H26N6O3S/c1-11(2)23-17(18)16(10-20-23)21-14-6-5-13(12(3)19-7-8-24)9-15(14)22-27(4,25)26/h5-6,9-11,13,22,24H,7-8,18H2,1-4H3. The molecule has 0 fully saturated rings. The third-order valence-corrected chi connectivity index (χ3v) is 4.46. The normalized spacial score (nSPS) is 19.6. The highest BCUT2D eigenvalue weighted by Gasteiger charge is 2.20. The van der Waals surface area contributed by atoms with Gasteiger partial charge in [0.15, 0.2) is 0 Å². The lowest BCUT2D eigenvalue weighted by Gasteiger charge is -2.18. The largest absolute Gasteiger partial charge is 0.394 e. The highest BCUT2D eigenvalue weighted by Crippen LogP contribution is 2.26. The number of hydrogen-bond acceptors (Lipinski definition) is 7. The molecule has 2 rings (SSSR count). The number of rotatable bonds is 7. The van der Waals surface area contributed by atoms with Gasteiger partial charge in [0, 0.05) is 17.7 Å². The number of sulfonamides is 1. The van der Waals surface area contributed by atoms with E-state index in [1.165, 1.54) is 0 Å². The third-order valence-electron chi connectivity index (χ3n) is 3.87. The Kier molecular flexibility index (Phi) is 6.55. The van der Waals surface area contributed by atoms with Crippen LogP contribution in [-0.2, 0) is 10.0 Å². The van der Waals surface area contributed by atoms with E-state index >= 15 is 0 Å². The first-order chi connectivity index (χ1) is 12.6. The molecule has 148 valence electrons. The van der Waals surface area contributed by atoms with Crippen LogP contribution in [0.1, 0.15) is 26.8 Å². The summed E-state index contributed by atoms with van der Waals surface area (Å²) >= 11 is 0. The zero-order valence-corrected chi connectivity index (χ0v) is 16.7. The number of anilines is 1. The van der Waals surface area contributed by atoms with Crippen LogP contribution in [0.5, 0.6) is 0 Å². The molecule has 1 aliphatic rings. The van der Waals surface area contributed by atoms with Crippen molar-refractivity contribution in [2.45, 2.75) is 26.8 Å². The van der Waals surface area contributed by atoms with Crippen molar-refractivity contribution in [3.05, 3.63) is 30.1 Å². The minimum absolute atomic E-state index is 0.0439. The van der Waals surface area contributed by atoms with Gasteiger partial charge in [0.1, 0.15) is 11.5 Å². The van der Waals surface area contributed by atoms with Crippen LogP contribution in [-0.4, -0.2) is 54.1 Å². The quantitative estimate of drug-likeness (QED) is 0.597. The van der Waals surface area contributed by atoms with Crippen LogP contribution in [0.25, 0.3) is 0 Å². The summed E-state index contributed by atoms with van der Waals surface area (Å²) in [7, 11) is -3.50. The average Bonchev–Trinajstić information content (AvgIpc) is 2.93. The van der Waals surface area contributed by atoms with Crippen molar-refractivity contribution >= 4 is 33.0 Å². The molecule has 4 N–H and O–H groups in total. The van der Waals surface area contributed by atoms with Gasteiger partial charge in [-0.15, -0.1) is 0 Å². The number of nitrogen functional groups attached to an aromatic ring is 1. The number of allylic oxidation sites excluding steroid dienone is 3. The predicted molar refractivity (Wildman–Crippen MR) is 108 cm³/mol. The first-order valence-electron chi connectivity index (χ1n) is 8.54. The zero-order chi connectivity index (χ0) is 20.2. The third kappa shape index (κ3) is 5.51. The predicted octanol–water partition coefficient (Wildman–Crippen LogP) is 1.19. The Labute approximate surface area is 159 Å². The topological polar surface area (TPSA) is 135 Å². The fourth-order valence-corrected chi connectivity index (χ4v) is 3.14. The van der Waals surface area contributed by atoms with Gasteiger partial charge in [-0.3, -0.25) is 9.71 Å². The number of nitrogens with one attached hydrogen (secondary N) is 1. The fourth-order valence-electron chi connectivity index (χ4n) is 2.57.